The molecular formula is C10H18N2O4S. The lowest BCUT2D eigenvalue weighted by molar-refractivity contribution is -0.143. The van der Waals surface area contributed by atoms with Crippen LogP contribution in [-0.2, 0) is 14.4 Å². The van der Waals surface area contributed by atoms with Crippen LogP contribution in [-0.4, -0.2) is 40.4 Å². The molecule has 4 N–H and O–H groups in total. The Kier molecular flexibility index (Phi) is 8.21. The number of carbonyl (C=O) groups is 3. The van der Waals surface area contributed by atoms with E-state index in [1.54, 1.807) is 0 Å². The van der Waals surface area contributed by atoms with Crippen molar-refractivity contribution >= 4 is 29.5 Å². The van der Waals surface area contributed by atoms with Crippen molar-refractivity contribution in [2.75, 3.05) is 11.5 Å². The van der Waals surface area contributed by atoms with Crippen LogP contribution in [0.5, 0.6) is 0 Å². The summed E-state index contributed by atoms with van der Waals surface area (Å²) in [6.07, 6.45) is 1.68. The lowest BCUT2D eigenvalue weighted by Gasteiger charge is -2.12. The highest BCUT2D eigenvalue weighted by Gasteiger charge is 2.21. The van der Waals surface area contributed by atoms with Gasteiger partial charge in [-0.2, -0.15) is 11.8 Å². The van der Waals surface area contributed by atoms with Crippen LogP contribution in [0.25, 0.3) is 0 Å². The average molecular weight is 262 g/mol. The molecule has 0 radical (unpaired) electrons. The highest BCUT2D eigenvalue weighted by Crippen LogP contribution is 2.04. The van der Waals surface area contributed by atoms with Crippen molar-refractivity contribution in [2.24, 2.45) is 5.73 Å². The molecule has 6 nitrogen and oxygen atoms in total. The van der Waals surface area contributed by atoms with E-state index in [0.717, 1.165) is 18.6 Å². The lowest BCUT2D eigenvalue weighted by Crippen LogP contribution is -2.44. The van der Waals surface area contributed by atoms with Gasteiger partial charge in [-0.1, -0.05) is 13.3 Å². The predicted molar refractivity (Wildman–Crippen MR) is 65.6 cm³/mol. The van der Waals surface area contributed by atoms with Crippen LogP contribution in [0.1, 0.15) is 26.2 Å². The molecule has 0 fully saturated rings. The summed E-state index contributed by atoms with van der Waals surface area (Å²) in [5.41, 5.74) is 4.89. The molecule has 0 aliphatic carbocycles. The second kappa shape index (κ2) is 8.86. The van der Waals surface area contributed by atoms with Crippen LogP contribution < -0.4 is 11.1 Å². The van der Waals surface area contributed by atoms with E-state index in [1.807, 2.05) is 6.92 Å². The quantitative estimate of drug-likeness (QED) is 0.505. The first-order valence-corrected chi connectivity index (χ1v) is 6.51. The van der Waals surface area contributed by atoms with Gasteiger partial charge in [-0.15, -0.1) is 0 Å². The number of rotatable bonds is 9. The van der Waals surface area contributed by atoms with Gasteiger partial charge in [0, 0.05) is 0 Å². The minimum absolute atomic E-state index is 0.197. The Hall–Kier alpha value is -1.24. The summed E-state index contributed by atoms with van der Waals surface area (Å²) in [6.45, 7) is 2.05. The van der Waals surface area contributed by atoms with Crippen LogP contribution >= 0.6 is 11.8 Å². The number of hydrogen-bond acceptors (Lipinski definition) is 4. The van der Waals surface area contributed by atoms with Gasteiger partial charge in [0.15, 0.2) is 0 Å². The molecule has 1 atom stereocenters. The molecule has 0 aliphatic heterocycles. The highest BCUT2D eigenvalue weighted by atomic mass is 32.2. The van der Waals surface area contributed by atoms with Gasteiger partial charge in [0.2, 0.25) is 11.8 Å². The van der Waals surface area contributed by atoms with Crippen LogP contribution in [0.15, 0.2) is 0 Å². The fraction of sp³-hybridized carbons (Fsp3) is 0.700. The van der Waals surface area contributed by atoms with Gasteiger partial charge in [-0.3, -0.25) is 9.59 Å². The number of thioether (sulfide) groups is 1. The Morgan fingerprint density at radius 1 is 1.41 bits per heavy atom. The predicted octanol–water partition coefficient (Wildman–Crippen LogP) is -0.0355. The fourth-order valence-electron chi connectivity index (χ4n) is 1.05. The summed E-state index contributed by atoms with van der Waals surface area (Å²) < 4.78 is 0. The molecule has 17 heavy (non-hydrogen) atoms. The summed E-state index contributed by atoms with van der Waals surface area (Å²) in [4.78, 5) is 32.7. The smallest absolute Gasteiger partial charge is 0.326 e. The Balaban J connectivity index is 3.96. The van der Waals surface area contributed by atoms with Crippen LogP contribution in [0, 0.1) is 0 Å². The number of primary amides is 1. The summed E-state index contributed by atoms with van der Waals surface area (Å²) in [5, 5.41) is 11.0. The SMILES string of the molecule is CCCCSCC(=O)NC(CC(N)=O)C(=O)O. The Morgan fingerprint density at radius 2 is 2.06 bits per heavy atom. The number of amides is 2. The number of unbranched alkanes of at least 4 members (excludes halogenated alkanes) is 1. The molecule has 0 spiro atoms. The van der Waals surface area contributed by atoms with E-state index in [2.05, 4.69) is 5.32 Å². The molecule has 0 rings (SSSR count). The number of carboxylic acids is 1. The average Bonchev–Trinajstić information content (AvgIpc) is 2.22. The Morgan fingerprint density at radius 3 is 2.53 bits per heavy atom. The van der Waals surface area contributed by atoms with Gasteiger partial charge in [0.1, 0.15) is 6.04 Å². The van der Waals surface area contributed by atoms with Gasteiger partial charge in [0.25, 0.3) is 0 Å². The van der Waals surface area contributed by atoms with Gasteiger partial charge in [-0.25, -0.2) is 4.79 Å². The molecule has 0 aromatic rings. The minimum Gasteiger partial charge on any atom is -0.480 e. The number of carbonyl (C=O) groups excluding carboxylic acids is 2. The third kappa shape index (κ3) is 8.56. The number of nitrogens with one attached hydrogen (secondary N) is 1. The van der Waals surface area contributed by atoms with E-state index in [4.69, 9.17) is 10.8 Å². The Bertz CT molecular complexity index is 283. The van der Waals surface area contributed by atoms with Crippen molar-refractivity contribution in [1.29, 1.82) is 0 Å². The van der Waals surface area contributed by atoms with Crippen LogP contribution in [0.2, 0.25) is 0 Å². The third-order valence-electron chi connectivity index (χ3n) is 1.91. The van der Waals surface area contributed by atoms with Gasteiger partial charge in [0.05, 0.1) is 12.2 Å². The summed E-state index contributed by atoms with van der Waals surface area (Å²) in [6, 6.07) is -1.23. The molecule has 0 aromatic heterocycles. The monoisotopic (exact) mass is 262 g/mol. The summed E-state index contributed by atoms with van der Waals surface area (Å²) in [7, 11) is 0. The lowest BCUT2D eigenvalue weighted by atomic mass is 10.2. The van der Waals surface area contributed by atoms with E-state index in [1.165, 1.54) is 11.8 Å². The van der Waals surface area contributed by atoms with Crippen LogP contribution in [0.3, 0.4) is 0 Å². The van der Waals surface area contributed by atoms with Crippen molar-refractivity contribution in [3.63, 3.8) is 0 Å². The molecule has 1 unspecified atom stereocenters. The number of nitrogens with two attached hydrogens (primary N) is 1. The zero-order chi connectivity index (χ0) is 13.3. The van der Waals surface area contributed by atoms with Gasteiger partial charge in [-0.05, 0) is 12.2 Å². The first-order chi connectivity index (χ1) is 7.97. The van der Waals surface area contributed by atoms with Crippen molar-refractivity contribution in [3.05, 3.63) is 0 Å². The second-order valence-electron chi connectivity index (χ2n) is 3.53. The van der Waals surface area contributed by atoms with Crippen molar-refractivity contribution in [2.45, 2.75) is 32.2 Å². The molecule has 0 heterocycles. The molecule has 2 amide bonds. The fourth-order valence-corrected chi connectivity index (χ4v) is 1.95. The molecule has 0 bridgehead atoms. The molecule has 0 aromatic carbocycles. The maximum Gasteiger partial charge on any atom is 0.326 e. The minimum atomic E-state index is -1.25. The molecule has 98 valence electrons. The van der Waals surface area contributed by atoms with Crippen molar-refractivity contribution < 1.29 is 19.5 Å². The number of hydrogen-bond donors (Lipinski definition) is 3. The zero-order valence-corrected chi connectivity index (χ0v) is 10.6. The standard InChI is InChI=1S/C10H18N2O4S/c1-2-3-4-17-6-9(14)12-7(10(15)16)5-8(11)13/h7H,2-6H2,1H3,(H2,11,13)(H,12,14)(H,15,16). The van der Waals surface area contributed by atoms with Gasteiger partial charge >= 0.3 is 5.97 Å². The Labute approximate surface area is 104 Å². The van der Waals surface area contributed by atoms with E-state index < -0.39 is 17.9 Å². The maximum atomic E-state index is 11.4. The topological polar surface area (TPSA) is 109 Å². The third-order valence-corrected chi connectivity index (χ3v) is 2.96. The molecule has 0 saturated carbocycles. The number of carboxylic acid groups (broad SMARTS) is 1. The summed E-state index contributed by atoms with van der Waals surface area (Å²) >= 11 is 1.44. The zero-order valence-electron chi connectivity index (χ0n) is 9.77. The normalized spacial score (nSPS) is 11.8. The number of aliphatic carboxylic acids is 1. The first-order valence-electron chi connectivity index (χ1n) is 5.35. The van der Waals surface area contributed by atoms with Gasteiger partial charge < -0.3 is 16.2 Å². The molecule has 0 aliphatic rings. The molecular weight excluding hydrogens is 244 g/mol. The van der Waals surface area contributed by atoms with E-state index in [0.29, 0.717) is 0 Å². The van der Waals surface area contributed by atoms with E-state index in [-0.39, 0.29) is 18.1 Å². The first kappa shape index (κ1) is 15.8. The van der Waals surface area contributed by atoms with E-state index >= 15 is 0 Å². The van der Waals surface area contributed by atoms with Crippen LogP contribution in [0.4, 0.5) is 0 Å². The second-order valence-corrected chi connectivity index (χ2v) is 4.64. The van der Waals surface area contributed by atoms with E-state index in [9.17, 15) is 14.4 Å². The van der Waals surface area contributed by atoms with Crippen molar-refractivity contribution in [3.8, 4) is 0 Å². The molecule has 7 heteroatoms. The largest absolute Gasteiger partial charge is 0.480 e. The highest BCUT2D eigenvalue weighted by molar-refractivity contribution is 7.99. The summed E-state index contributed by atoms with van der Waals surface area (Å²) in [5.74, 6) is -1.34. The van der Waals surface area contributed by atoms with Crippen molar-refractivity contribution in [1.82, 2.24) is 5.32 Å². The molecule has 0 saturated heterocycles. The maximum absolute atomic E-state index is 11.4.